The van der Waals surface area contributed by atoms with Gasteiger partial charge in [0.15, 0.2) is 12.4 Å². The monoisotopic (exact) mass is 969 g/mol. The van der Waals surface area contributed by atoms with E-state index in [1.54, 1.807) is 91.0 Å². The Morgan fingerprint density at radius 2 is 0.857 bits per heavy atom. The number of benzene rings is 3. The summed E-state index contributed by atoms with van der Waals surface area (Å²) in [6.45, 7) is 4.52. The summed E-state index contributed by atoms with van der Waals surface area (Å²) in [5.74, 6) is -3.32. The van der Waals surface area contributed by atoms with Crippen LogP contribution < -0.4 is 0 Å². The number of ether oxygens (including phenoxy) is 6. The van der Waals surface area contributed by atoms with Crippen molar-refractivity contribution in [3.05, 3.63) is 108 Å². The molecule has 0 bridgehead atoms. The van der Waals surface area contributed by atoms with Crippen LogP contribution in [0, 0.1) is 11.8 Å². The van der Waals surface area contributed by atoms with Crippen LogP contribution in [-0.4, -0.2) is 68.8 Å². The molecule has 0 unspecified atom stereocenters. The van der Waals surface area contributed by atoms with Crippen LogP contribution in [0.15, 0.2) is 91.0 Å². The lowest BCUT2D eigenvalue weighted by molar-refractivity contribution is -0.291. The molecule has 1 fully saturated rings. The van der Waals surface area contributed by atoms with E-state index in [1.807, 2.05) is 0 Å². The van der Waals surface area contributed by atoms with Crippen molar-refractivity contribution < 1.29 is 47.6 Å². The van der Waals surface area contributed by atoms with Crippen molar-refractivity contribution in [2.24, 2.45) is 11.8 Å². The zero-order valence-corrected chi connectivity index (χ0v) is 43.2. The van der Waals surface area contributed by atoms with Crippen molar-refractivity contribution in [1.82, 2.24) is 0 Å². The highest BCUT2D eigenvalue weighted by Crippen LogP contribution is 2.36. The third-order valence-electron chi connectivity index (χ3n) is 13.7. The van der Waals surface area contributed by atoms with Crippen LogP contribution in [0.2, 0.25) is 0 Å². The highest BCUT2D eigenvalue weighted by atomic mass is 16.7. The molecule has 3 aromatic carbocycles. The van der Waals surface area contributed by atoms with Crippen LogP contribution in [-0.2, 0) is 33.2 Å². The second-order valence-corrected chi connectivity index (χ2v) is 19.5. The third kappa shape index (κ3) is 23.1. The van der Waals surface area contributed by atoms with E-state index in [9.17, 15) is 19.2 Å². The first-order valence-corrected chi connectivity index (χ1v) is 27.4. The fourth-order valence-corrected chi connectivity index (χ4v) is 9.51. The maximum atomic E-state index is 14.0. The molecule has 1 saturated heterocycles. The fraction of sp³-hybridized carbons (Fsp3) is 0.633. The Balaban J connectivity index is 1.52. The molecule has 0 amide bonds. The number of hydrogen-bond acceptors (Lipinski definition) is 10. The van der Waals surface area contributed by atoms with Gasteiger partial charge in [-0.3, -0.25) is 4.79 Å². The topological polar surface area (TPSA) is 124 Å². The molecule has 0 N–H and O–H groups in total. The highest BCUT2D eigenvalue weighted by Gasteiger charge is 2.52. The SMILES string of the molecule is CCCCCCCCCCCCCCC(CCCCCCCCCCCCCC)CO[C@H]1O[C@H](COC(=O)c2ccccc2)[C@H](OC(=O)c2ccccc2)[C@@H](CC(=O)OC)[C@H]1OC(=O)c1ccccc1. The molecule has 70 heavy (non-hydrogen) atoms. The Hall–Kier alpha value is -4.54. The Morgan fingerprint density at radius 1 is 0.486 bits per heavy atom. The molecule has 0 aliphatic carbocycles. The Labute approximate surface area is 421 Å². The molecule has 388 valence electrons. The molecule has 0 spiro atoms. The molecule has 3 aromatic rings. The minimum absolute atomic E-state index is 0.211. The largest absolute Gasteiger partial charge is 0.469 e. The van der Waals surface area contributed by atoms with Gasteiger partial charge >= 0.3 is 23.9 Å². The van der Waals surface area contributed by atoms with Gasteiger partial charge in [-0.15, -0.1) is 0 Å². The van der Waals surface area contributed by atoms with Crippen molar-refractivity contribution in [2.45, 2.75) is 212 Å². The van der Waals surface area contributed by atoms with E-state index < -0.39 is 54.4 Å². The van der Waals surface area contributed by atoms with Gasteiger partial charge in [-0.2, -0.15) is 0 Å². The fourth-order valence-electron chi connectivity index (χ4n) is 9.51. The molecule has 5 atom stereocenters. The summed E-state index contributed by atoms with van der Waals surface area (Å²) in [6, 6.07) is 25.6. The molecule has 0 radical (unpaired) electrons. The average Bonchev–Trinajstić information content (AvgIpc) is 3.39. The van der Waals surface area contributed by atoms with Gasteiger partial charge in [0.25, 0.3) is 0 Å². The van der Waals surface area contributed by atoms with E-state index >= 15 is 0 Å². The second-order valence-electron chi connectivity index (χ2n) is 19.5. The summed E-state index contributed by atoms with van der Waals surface area (Å²) in [5, 5.41) is 0. The van der Waals surface area contributed by atoms with Crippen molar-refractivity contribution in [3.63, 3.8) is 0 Å². The Bertz CT molecular complexity index is 1790. The van der Waals surface area contributed by atoms with E-state index in [0.717, 1.165) is 38.5 Å². The summed E-state index contributed by atoms with van der Waals surface area (Å²) in [5.41, 5.74) is 0.906. The predicted octanol–water partition coefficient (Wildman–Crippen LogP) is 15.0. The van der Waals surface area contributed by atoms with E-state index in [2.05, 4.69) is 13.8 Å². The minimum atomic E-state index is -1.22. The zero-order valence-electron chi connectivity index (χ0n) is 43.2. The van der Waals surface area contributed by atoms with Gasteiger partial charge in [0.1, 0.15) is 18.8 Å². The lowest BCUT2D eigenvalue weighted by Crippen LogP contribution is -2.59. The van der Waals surface area contributed by atoms with Crippen molar-refractivity contribution in [1.29, 1.82) is 0 Å². The van der Waals surface area contributed by atoms with Crippen LogP contribution in [0.4, 0.5) is 0 Å². The number of hydrogen-bond donors (Lipinski definition) is 0. The first-order chi connectivity index (χ1) is 34.3. The molecule has 1 heterocycles. The molecule has 1 aliphatic rings. The highest BCUT2D eigenvalue weighted by molar-refractivity contribution is 5.90. The van der Waals surface area contributed by atoms with Gasteiger partial charge in [-0.05, 0) is 55.2 Å². The number of rotatable bonds is 38. The summed E-state index contributed by atoms with van der Waals surface area (Å²) >= 11 is 0. The first-order valence-electron chi connectivity index (χ1n) is 27.4. The molecule has 10 nitrogen and oxygen atoms in total. The lowest BCUT2D eigenvalue weighted by Gasteiger charge is -2.45. The summed E-state index contributed by atoms with van der Waals surface area (Å²) in [4.78, 5) is 54.5. The van der Waals surface area contributed by atoms with Crippen LogP contribution in [0.1, 0.15) is 218 Å². The van der Waals surface area contributed by atoms with E-state index in [1.165, 1.54) is 136 Å². The Morgan fingerprint density at radius 3 is 1.26 bits per heavy atom. The first kappa shape index (κ1) is 58.0. The normalized spacial score (nSPS) is 17.8. The maximum absolute atomic E-state index is 14.0. The number of carbonyl (C=O) groups is 4. The molecular weight excluding hydrogens is 881 g/mol. The molecule has 0 aromatic heterocycles. The maximum Gasteiger partial charge on any atom is 0.338 e. The lowest BCUT2D eigenvalue weighted by atomic mass is 9.85. The summed E-state index contributed by atoms with van der Waals surface area (Å²) < 4.78 is 37.0. The van der Waals surface area contributed by atoms with Crippen molar-refractivity contribution in [2.75, 3.05) is 20.3 Å². The third-order valence-corrected chi connectivity index (χ3v) is 13.7. The number of methoxy groups -OCH3 is 1. The zero-order chi connectivity index (χ0) is 49.9. The van der Waals surface area contributed by atoms with Gasteiger partial charge in [-0.1, -0.05) is 223 Å². The molecule has 10 heteroatoms. The van der Waals surface area contributed by atoms with Gasteiger partial charge < -0.3 is 28.4 Å². The second kappa shape index (κ2) is 36.4. The van der Waals surface area contributed by atoms with Crippen LogP contribution >= 0.6 is 0 Å². The van der Waals surface area contributed by atoms with Gasteiger partial charge in [0.2, 0.25) is 0 Å². The molecular formula is C60H88O10. The van der Waals surface area contributed by atoms with Crippen LogP contribution in [0.3, 0.4) is 0 Å². The minimum Gasteiger partial charge on any atom is -0.469 e. The van der Waals surface area contributed by atoms with E-state index in [0.29, 0.717) is 17.7 Å². The molecule has 0 saturated carbocycles. The summed E-state index contributed by atoms with van der Waals surface area (Å²) in [7, 11) is 1.28. The summed E-state index contributed by atoms with van der Waals surface area (Å²) in [6.07, 6.45) is 27.6. The quantitative estimate of drug-likeness (QED) is 0.0311. The van der Waals surface area contributed by atoms with Crippen LogP contribution in [0.25, 0.3) is 0 Å². The van der Waals surface area contributed by atoms with E-state index in [4.69, 9.17) is 28.4 Å². The van der Waals surface area contributed by atoms with Gasteiger partial charge in [0, 0.05) is 0 Å². The number of esters is 4. The number of unbranched alkanes of at least 4 members (excludes halogenated alkanes) is 22. The number of carbonyl (C=O) groups excluding carboxylic acids is 4. The van der Waals surface area contributed by atoms with Crippen LogP contribution in [0.5, 0.6) is 0 Å². The van der Waals surface area contributed by atoms with Crippen molar-refractivity contribution >= 4 is 23.9 Å². The smallest absolute Gasteiger partial charge is 0.338 e. The standard InChI is InChI=1S/C60H88O10/c1-4-6-8-10-12-14-16-18-20-22-24-29-37-48(38-30-25-23-21-19-17-15-13-11-9-7-5-2)46-67-60-56(70-59(64)51-43-35-28-36-44-51)52(45-54(61)65-3)55(69-58(63)50-41-33-27-34-42-50)53(68-60)47-66-57(62)49-39-31-26-32-40-49/h26-28,31-36,39-44,48,52-53,55-56,60H,4-25,29-30,37-38,45-47H2,1-3H3/t52-,53-,55-,56-,60+/m1/s1. The van der Waals surface area contributed by atoms with Gasteiger partial charge in [0.05, 0.1) is 42.7 Å². The Kier molecular flexibility index (Phi) is 30.2. The van der Waals surface area contributed by atoms with E-state index in [-0.39, 0.29) is 24.5 Å². The predicted molar refractivity (Wildman–Crippen MR) is 278 cm³/mol. The average molecular weight is 969 g/mol. The molecule has 1 aliphatic heterocycles. The molecule has 4 rings (SSSR count). The van der Waals surface area contributed by atoms with Crippen molar-refractivity contribution in [3.8, 4) is 0 Å². The van der Waals surface area contributed by atoms with Gasteiger partial charge in [-0.25, -0.2) is 14.4 Å².